The van der Waals surface area contributed by atoms with E-state index < -0.39 is 0 Å². The third kappa shape index (κ3) is 2.64. The van der Waals surface area contributed by atoms with Gasteiger partial charge in [-0.1, -0.05) is 42.5 Å². The highest BCUT2D eigenvalue weighted by Crippen LogP contribution is 2.25. The molecule has 2 nitrogen and oxygen atoms in total. The van der Waals surface area contributed by atoms with Crippen molar-refractivity contribution < 1.29 is 4.74 Å². The maximum Gasteiger partial charge on any atom is 0.122 e. The fourth-order valence-electron chi connectivity index (χ4n) is 2.64. The fraction of sp³-hybridized carbons (Fsp3) is 0.294. The number of hydrogen-bond donors (Lipinski definition) is 1. The lowest BCUT2D eigenvalue weighted by Crippen LogP contribution is -2.31. The second-order valence-corrected chi connectivity index (χ2v) is 5.10. The standard InChI is InChI=1S/C17H19NO/c1-13-6-2-5-9-17(13)19-12-15-11-18-10-14-7-3-4-8-16(14)15/h2-9,15,18H,10-12H2,1H3. The first kappa shape index (κ1) is 12.2. The Hall–Kier alpha value is -1.80. The summed E-state index contributed by atoms with van der Waals surface area (Å²) in [5.74, 6) is 1.43. The van der Waals surface area contributed by atoms with Gasteiger partial charge in [-0.15, -0.1) is 0 Å². The van der Waals surface area contributed by atoms with Gasteiger partial charge in [0.05, 0.1) is 6.61 Å². The second kappa shape index (κ2) is 5.45. The van der Waals surface area contributed by atoms with Gasteiger partial charge in [0.15, 0.2) is 0 Å². The molecular weight excluding hydrogens is 234 g/mol. The molecule has 1 aliphatic rings. The molecule has 0 amide bonds. The predicted molar refractivity (Wildman–Crippen MR) is 77.6 cm³/mol. The van der Waals surface area contributed by atoms with E-state index in [-0.39, 0.29) is 0 Å². The largest absolute Gasteiger partial charge is 0.493 e. The zero-order valence-electron chi connectivity index (χ0n) is 11.2. The molecule has 98 valence electrons. The molecule has 1 atom stereocenters. The number of aryl methyl sites for hydroxylation is 1. The van der Waals surface area contributed by atoms with Crippen LogP contribution in [-0.2, 0) is 6.54 Å². The van der Waals surface area contributed by atoms with E-state index in [9.17, 15) is 0 Å². The Morgan fingerprint density at radius 2 is 1.89 bits per heavy atom. The lowest BCUT2D eigenvalue weighted by atomic mass is 9.91. The van der Waals surface area contributed by atoms with Crippen LogP contribution in [0.25, 0.3) is 0 Å². The summed E-state index contributed by atoms with van der Waals surface area (Å²) in [6.45, 7) is 4.77. The maximum atomic E-state index is 5.99. The van der Waals surface area contributed by atoms with E-state index in [1.165, 1.54) is 16.7 Å². The normalized spacial score (nSPS) is 17.8. The number of nitrogens with one attached hydrogen (secondary N) is 1. The number of hydrogen-bond acceptors (Lipinski definition) is 2. The first-order chi connectivity index (χ1) is 9.34. The van der Waals surface area contributed by atoms with Crippen LogP contribution in [0.2, 0.25) is 0 Å². The van der Waals surface area contributed by atoms with E-state index >= 15 is 0 Å². The number of para-hydroxylation sites is 1. The van der Waals surface area contributed by atoms with Gasteiger partial charge in [0.25, 0.3) is 0 Å². The zero-order chi connectivity index (χ0) is 13.1. The van der Waals surface area contributed by atoms with Gasteiger partial charge in [-0.2, -0.15) is 0 Å². The quantitative estimate of drug-likeness (QED) is 0.906. The van der Waals surface area contributed by atoms with E-state index in [4.69, 9.17) is 4.74 Å². The number of rotatable bonds is 3. The fourth-order valence-corrected chi connectivity index (χ4v) is 2.64. The van der Waals surface area contributed by atoms with E-state index in [0.29, 0.717) is 5.92 Å². The summed E-state index contributed by atoms with van der Waals surface area (Å²) >= 11 is 0. The molecule has 0 fully saturated rings. The lowest BCUT2D eigenvalue weighted by Gasteiger charge is -2.26. The topological polar surface area (TPSA) is 21.3 Å². The molecule has 0 saturated carbocycles. The second-order valence-electron chi connectivity index (χ2n) is 5.10. The van der Waals surface area contributed by atoms with Crippen LogP contribution < -0.4 is 10.1 Å². The van der Waals surface area contributed by atoms with Gasteiger partial charge < -0.3 is 10.1 Å². The molecule has 1 heterocycles. The van der Waals surface area contributed by atoms with Crippen molar-refractivity contribution in [2.24, 2.45) is 0 Å². The Bertz CT molecular complexity index is 565. The van der Waals surface area contributed by atoms with Crippen molar-refractivity contribution in [1.82, 2.24) is 5.32 Å². The molecule has 1 N–H and O–H groups in total. The predicted octanol–water partition coefficient (Wildman–Crippen LogP) is 3.26. The molecule has 1 unspecified atom stereocenters. The van der Waals surface area contributed by atoms with Crippen LogP contribution in [0.4, 0.5) is 0 Å². The summed E-state index contributed by atoms with van der Waals surface area (Å²) in [5, 5.41) is 3.46. The minimum absolute atomic E-state index is 0.435. The van der Waals surface area contributed by atoms with Gasteiger partial charge in [0.1, 0.15) is 5.75 Å². The molecular formula is C17H19NO. The Morgan fingerprint density at radius 3 is 2.79 bits per heavy atom. The molecule has 2 aromatic rings. The Morgan fingerprint density at radius 1 is 1.11 bits per heavy atom. The van der Waals surface area contributed by atoms with E-state index in [2.05, 4.69) is 42.6 Å². The van der Waals surface area contributed by atoms with Gasteiger partial charge in [-0.3, -0.25) is 0 Å². The Balaban J connectivity index is 1.73. The average Bonchev–Trinajstić information content (AvgIpc) is 2.46. The smallest absolute Gasteiger partial charge is 0.122 e. The van der Waals surface area contributed by atoms with Gasteiger partial charge in [-0.25, -0.2) is 0 Å². The maximum absolute atomic E-state index is 5.99. The molecule has 2 heteroatoms. The SMILES string of the molecule is Cc1ccccc1OCC1CNCc2ccccc21. The first-order valence-corrected chi connectivity index (χ1v) is 6.81. The summed E-state index contributed by atoms with van der Waals surface area (Å²) in [6, 6.07) is 16.8. The van der Waals surface area contributed by atoms with Crippen LogP contribution in [0.3, 0.4) is 0 Å². The molecule has 19 heavy (non-hydrogen) atoms. The summed E-state index contributed by atoms with van der Waals surface area (Å²) < 4.78 is 5.99. The molecule has 0 saturated heterocycles. The van der Waals surface area contributed by atoms with E-state index in [1.54, 1.807) is 0 Å². The van der Waals surface area contributed by atoms with Crippen molar-refractivity contribution in [3.63, 3.8) is 0 Å². The highest BCUT2D eigenvalue weighted by molar-refractivity contribution is 5.34. The lowest BCUT2D eigenvalue weighted by molar-refractivity contribution is 0.276. The Labute approximate surface area is 114 Å². The summed E-state index contributed by atoms with van der Waals surface area (Å²) in [7, 11) is 0. The Kier molecular flexibility index (Phi) is 3.51. The van der Waals surface area contributed by atoms with Crippen LogP contribution in [0.5, 0.6) is 5.75 Å². The van der Waals surface area contributed by atoms with Crippen molar-refractivity contribution in [2.45, 2.75) is 19.4 Å². The molecule has 0 aliphatic carbocycles. The molecule has 0 radical (unpaired) electrons. The third-order valence-electron chi connectivity index (χ3n) is 3.73. The minimum Gasteiger partial charge on any atom is -0.493 e. The van der Waals surface area contributed by atoms with Crippen LogP contribution in [-0.4, -0.2) is 13.2 Å². The molecule has 1 aliphatic heterocycles. The molecule has 2 aromatic carbocycles. The molecule has 0 spiro atoms. The van der Waals surface area contributed by atoms with Gasteiger partial charge in [-0.05, 0) is 29.7 Å². The minimum atomic E-state index is 0.435. The summed E-state index contributed by atoms with van der Waals surface area (Å²) in [4.78, 5) is 0. The summed E-state index contributed by atoms with van der Waals surface area (Å²) in [5.41, 5.74) is 4.02. The van der Waals surface area contributed by atoms with Crippen molar-refractivity contribution in [3.05, 3.63) is 65.2 Å². The zero-order valence-corrected chi connectivity index (χ0v) is 11.2. The van der Waals surface area contributed by atoms with E-state index in [0.717, 1.165) is 25.4 Å². The van der Waals surface area contributed by atoms with Crippen LogP contribution >= 0.6 is 0 Å². The third-order valence-corrected chi connectivity index (χ3v) is 3.73. The van der Waals surface area contributed by atoms with Crippen molar-refractivity contribution in [1.29, 1.82) is 0 Å². The van der Waals surface area contributed by atoms with Gasteiger partial charge >= 0.3 is 0 Å². The van der Waals surface area contributed by atoms with Crippen molar-refractivity contribution in [2.75, 3.05) is 13.2 Å². The highest BCUT2D eigenvalue weighted by atomic mass is 16.5. The number of benzene rings is 2. The van der Waals surface area contributed by atoms with Gasteiger partial charge in [0.2, 0.25) is 0 Å². The van der Waals surface area contributed by atoms with Crippen LogP contribution in [0.15, 0.2) is 48.5 Å². The molecule has 0 aromatic heterocycles. The van der Waals surface area contributed by atoms with Crippen LogP contribution in [0, 0.1) is 6.92 Å². The van der Waals surface area contributed by atoms with Crippen LogP contribution in [0.1, 0.15) is 22.6 Å². The van der Waals surface area contributed by atoms with Crippen molar-refractivity contribution in [3.8, 4) is 5.75 Å². The average molecular weight is 253 g/mol. The monoisotopic (exact) mass is 253 g/mol. The number of ether oxygens (including phenoxy) is 1. The molecule has 0 bridgehead atoms. The summed E-state index contributed by atoms with van der Waals surface area (Å²) in [6.07, 6.45) is 0. The van der Waals surface area contributed by atoms with Crippen molar-refractivity contribution >= 4 is 0 Å². The first-order valence-electron chi connectivity index (χ1n) is 6.81. The van der Waals surface area contributed by atoms with Gasteiger partial charge in [0, 0.05) is 19.0 Å². The highest BCUT2D eigenvalue weighted by Gasteiger charge is 2.20. The number of fused-ring (bicyclic) bond motifs is 1. The molecule has 3 rings (SSSR count). The van der Waals surface area contributed by atoms with E-state index in [1.807, 2.05) is 18.2 Å².